The number of aromatic nitrogens is 2. The summed E-state index contributed by atoms with van der Waals surface area (Å²) in [6.45, 7) is 1.93. The average Bonchev–Trinajstić information content (AvgIpc) is 2.92. The molecule has 0 unspecified atom stereocenters. The quantitative estimate of drug-likeness (QED) is 0.876. The fraction of sp³-hybridized carbons (Fsp3) is 0.438. The average molecular weight is 271 g/mol. The van der Waals surface area contributed by atoms with Crippen LogP contribution in [0.15, 0.2) is 42.7 Å². The molecular formula is C16H21N3O. The Labute approximate surface area is 119 Å². The molecular weight excluding hydrogens is 250 g/mol. The Morgan fingerprint density at radius 3 is 2.60 bits per heavy atom. The van der Waals surface area contributed by atoms with Crippen LogP contribution in [0.5, 0.6) is 0 Å². The molecule has 0 amide bonds. The van der Waals surface area contributed by atoms with Crippen molar-refractivity contribution in [3.8, 4) is 5.69 Å². The van der Waals surface area contributed by atoms with Crippen LogP contribution < -0.4 is 0 Å². The molecule has 0 atom stereocenters. The summed E-state index contributed by atoms with van der Waals surface area (Å²) in [4.78, 5) is 2.40. The molecule has 4 nitrogen and oxygen atoms in total. The number of aliphatic hydroxyl groups is 1. The number of hydrogen-bond donors (Lipinski definition) is 1. The minimum absolute atomic E-state index is 0.238. The lowest BCUT2D eigenvalue weighted by atomic mass is 9.91. The third kappa shape index (κ3) is 2.92. The van der Waals surface area contributed by atoms with E-state index in [4.69, 9.17) is 0 Å². The second-order valence-electron chi connectivity index (χ2n) is 5.40. The lowest BCUT2D eigenvalue weighted by Crippen LogP contribution is -2.41. The van der Waals surface area contributed by atoms with Crippen LogP contribution in [0.3, 0.4) is 0 Å². The maximum Gasteiger partial charge on any atom is 0.0645 e. The fourth-order valence-electron chi connectivity index (χ4n) is 2.68. The summed E-state index contributed by atoms with van der Waals surface area (Å²) in [6.07, 6.45) is 7.59. The van der Waals surface area contributed by atoms with Gasteiger partial charge in [0.05, 0.1) is 12.3 Å². The van der Waals surface area contributed by atoms with Gasteiger partial charge in [0.15, 0.2) is 0 Å². The van der Waals surface area contributed by atoms with E-state index in [0.29, 0.717) is 6.04 Å². The van der Waals surface area contributed by atoms with Crippen molar-refractivity contribution in [2.75, 3.05) is 13.2 Å². The highest BCUT2D eigenvalue weighted by molar-refractivity contribution is 5.33. The van der Waals surface area contributed by atoms with E-state index in [-0.39, 0.29) is 6.61 Å². The largest absolute Gasteiger partial charge is 0.395 e. The van der Waals surface area contributed by atoms with Crippen molar-refractivity contribution in [3.63, 3.8) is 0 Å². The van der Waals surface area contributed by atoms with Crippen LogP contribution in [-0.2, 0) is 6.54 Å². The van der Waals surface area contributed by atoms with Gasteiger partial charge in [-0.2, -0.15) is 5.10 Å². The normalized spacial score (nSPS) is 15.5. The molecule has 20 heavy (non-hydrogen) atoms. The van der Waals surface area contributed by atoms with E-state index < -0.39 is 0 Å². The monoisotopic (exact) mass is 271 g/mol. The van der Waals surface area contributed by atoms with Crippen molar-refractivity contribution >= 4 is 0 Å². The first-order chi connectivity index (χ1) is 9.86. The highest BCUT2D eigenvalue weighted by Gasteiger charge is 2.24. The molecule has 106 valence electrons. The van der Waals surface area contributed by atoms with E-state index in [9.17, 15) is 5.11 Å². The van der Waals surface area contributed by atoms with E-state index in [0.717, 1.165) is 18.8 Å². The summed E-state index contributed by atoms with van der Waals surface area (Å²) in [7, 11) is 0. The van der Waals surface area contributed by atoms with E-state index in [1.54, 1.807) is 6.20 Å². The van der Waals surface area contributed by atoms with Crippen molar-refractivity contribution in [2.45, 2.75) is 31.8 Å². The maximum absolute atomic E-state index is 9.20. The van der Waals surface area contributed by atoms with Crippen LogP contribution in [-0.4, -0.2) is 39.0 Å². The van der Waals surface area contributed by atoms with Gasteiger partial charge in [-0.25, -0.2) is 4.68 Å². The highest BCUT2D eigenvalue weighted by Crippen LogP contribution is 2.26. The number of aliphatic hydroxyl groups excluding tert-OH is 1. The Morgan fingerprint density at radius 1 is 1.25 bits per heavy atom. The second kappa shape index (κ2) is 6.20. The van der Waals surface area contributed by atoms with Crippen LogP contribution in [0.2, 0.25) is 0 Å². The molecule has 1 fully saturated rings. The zero-order valence-corrected chi connectivity index (χ0v) is 11.7. The van der Waals surface area contributed by atoms with E-state index >= 15 is 0 Å². The lowest BCUT2D eigenvalue weighted by Gasteiger charge is -2.37. The smallest absolute Gasteiger partial charge is 0.0645 e. The standard InChI is InChI=1S/C16H21N3O/c20-12-11-18(15-3-1-4-15)13-14-5-7-16(8-6-14)19-10-2-9-17-19/h2,5-10,15,20H,1,3-4,11-13H2. The maximum atomic E-state index is 9.20. The topological polar surface area (TPSA) is 41.3 Å². The molecule has 1 aliphatic carbocycles. The van der Waals surface area contributed by atoms with Gasteiger partial charge in [0, 0.05) is 31.5 Å². The van der Waals surface area contributed by atoms with Gasteiger partial charge in [-0.15, -0.1) is 0 Å². The first-order valence-electron chi connectivity index (χ1n) is 7.30. The summed E-state index contributed by atoms with van der Waals surface area (Å²) < 4.78 is 1.86. The van der Waals surface area contributed by atoms with Crippen LogP contribution >= 0.6 is 0 Å². The molecule has 0 bridgehead atoms. The molecule has 1 aliphatic rings. The molecule has 1 aromatic carbocycles. The molecule has 1 N–H and O–H groups in total. The summed E-state index contributed by atoms with van der Waals surface area (Å²) >= 11 is 0. The van der Waals surface area contributed by atoms with Gasteiger partial charge >= 0.3 is 0 Å². The minimum atomic E-state index is 0.238. The van der Waals surface area contributed by atoms with Crippen LogP contribution in [0.25, 0.3) is 5.69 Å². The van der Waals surface area contributed by atoms with Crippen molar-refractivity contribution in [1.29, 1.82) is 0 Å². The van der Waals surface area contributed by atoms with Crippen LogP contribution in [0.4, 0.5) is 0 Å². The number of rotatable bonds is 6. The van der Waals surface area contributed by atoms with Gasteiger partial charge < -0.3 is 5.11 Å². The molecule has 1 saturated carbocycles. The SMILES string of the molecule is OCCN(Cc1ccc(-n2cccn2)cc1)C1CCC1. The Hall–Kier alpha value is -1.65. The van der Waals surface area contributed by atoms with E-state index in [1.165, 1.54) is 24.8 Å². The predicted octanol–water partition coefficient (Wildman–Crippen LogP) is 2.22. The number of hydrogen-bond acceptors (Lipinski definition) is 3. The molecule has 0 radical (unpaired) electrons. The third-order valence-corrected chi connectivity index (χ3v) is 4.07. The number of benzene rings is 1. The molecule has 1 heterocycles. The molecule has 2 aromatic rings. The third-order valence-electron chi connectivity index (χ3n) is 4.07. The Morgan fingerprint density at radius 2 is 2.05 bits per heavy atom. The Kier molecular flexibility index (Phi) is 4.14. The molecule has 1 aromatic heterocycles. The van der Waals surface area contributed by atoms with Crippen LogP contribution in [0, 0.1) is 0 Å². The lowest BCUT2D eigenvalue weighted by molar-refractivity contribution is 0.0945. The first kappa shape index (κ1) is 13.3. The van der Waals surface area contributed by atoms with E-state index in [2.05, 4.69) is 34.3 Å². The highest BCUT2D eigenvalue weighted by atomic mass is 16.3. The molecule has 3 rings (SSSR count). The van der Waals surface area contributed by atoms with Gasteiger partial charge in [0.2, 0.25) is 0 Å². The molecule has 0 spiro atoms. The Balaban J connectivity index is 1.67. The molecule has 0 saturated heterocycles. The van der Waals surface area contributed by atoms with Crippen molar-refractivity contribution in [2.24, 2.45) is 0 Å². The predicted molar refractivity (Wildman–Crippen MR) is 78.7 cm³/mol. The van der Waals surface area contributed by atoms with Crippen molar-refractivity contribution in [3.05, 3.63) is 48.3 Å². The fourth-order valence-corrected chi connectivity index (χ4v) is 2.68. The summed E-state index contributed by atoms with van der Waals surface area (Å²) in [5.74, 6) is 0. The Bertz CT molecular complexity index is 517. The van der Waals surface area contributed by atoms with Gasteiger partial charge in [-0.1, -0.05) is 18.6 Å². The molecule has 4 heteroatoms. The summed E-state index contributed by atoms with van der Waals surface area (Å²) in [6, 6.07) is 11.1. The van der Waals surface area contributed by atoms with E-state index in [1.807, 2.05) is 16.9 Å². The number of nitrogens with zero attached hydrogens (tertiary/aromatic N) is 3. The second-order valence-corrected chi connectivity index (χ2v) is 5.40. The zero-order chi connectivity index (χ0) is 13.8. The first-order valence-corrected chi connectivity index (χ1v) is 7.30. The van der Waals surface area contributed by atoms with Crippen molar-refractivity contribution in [1.82, 2.24) is 14.7 Å². The summed E-state index contributed by atoms with van der Waals surface area (Å²) in [5.41, 5.74) is 2.37. The zero-order valence-electron chi connectivity index (χ0n) is 11.7. The van der Waals surface area contributed by atoms with Crippen LogP contribution in [0.1, 0.15) is 24.8 Å². The summed E-state index contributed by atoms with van der Waals surface area (Å²) in [5, 5.41) is 13.4. The molecule has 0 aliphatic heterocycles. The van der Waals surface area contributed by atoms with Gasteiger partial charge in [0.25, 0.3) is 0 Å². The van der Waals surface area contributed by atoms with Gasteiger partial charge in [0.1, 0.15) is 0 Å². The van der Waals surface area contributed by atoms with Gasteiger partial charge in [-0.05, 0) is 36.6 Å². The minimum Gasteiger partial charge on any atom is -0.395 e. The van der Waals surface area contributed by atoms with Crippen molar-refractivity contribution < 1.29 is 5.11 Å². The van der Waals surface area contributed by atoms with Gasteiger partial charge in [-0.3, -0.25) is 4.90 Å².